The molecule has 0 unspecified atom stereocenters. The Balaban J connectivity index is 1.64. The van der Waals surface area contributed by atoms with E-state index in [9.17, 15) is 5.26 Å². The largest absolute Gasteiger partial charge is 0.326 e. The second-order valence-electron chi connectivity index (χ2n) is 9.04. The molecule has 2 aromatic rings. The molecule has 0 amide bonds. The van der Waals surface area contributed by atoms with Crippen LogP contribution in [0.4, 0.5) is 0 Å². The van der Waals surface area contributed by atoms with E-state index in [-0.39, 0.29) is 17.5 Å². The van der Waals surface area contributed by atoms with E-state index in [0.29, 0.717) is 0 Å². The van der Waals surface area contributed by atoms with E-state index >= 15 is 0 Å². The van der Waals surface area contributed by atoms with E-state index in [0.717, 1.165) is 57.3 Å². The molecule has 1 heterocycles. The highest BCUT2D eigenvalue weighted by Gasteiger charge is 2.60. The van der Waals surface area contributed by atoms with Crippen molar-refractivity contribution < 1.29 is 0 Å². The number of piperidine rings is 1. The lowest BCUT2D eigenvalue weighted by molar-refractivity contribution is 0.0795. The zero-order chi connectivity index (χ0) is 21.0. The van der Waals surface area contributed by atoms with Crippen LogP contribution in [0.2, 0.25) is 0 Å². The fourth-order valence-corrected chi connectivity index (χ4v) is 6.21. The molecule has 1 aliphatic heterocycles. The number of nitriles is 1. The Morgan fingerprint density at radius 3 is 2.23 bits per heavy atom. The summed E-state index contributed by atoms with van der Waals surface area (Å²) in [4.78, 5) is 2.53. The van der Waals surface area contributed by atoms with Gasteiger partial charge in [-0.1, -0.05) is 60.7 Å². The van der Waals surface area contributed by atoms with E-state index in [1.54, 1.807) is 0 Å². The van der Waals surface area contributed by atoms with Gasteiger partial charge >= 0.3 is 0 Å². The highest BCUT2D eigenvalue weighted by atomic mass is 15.1. The molecule has 0 spiro atoms. The summed E-state index contributed by atoms with van der Waals surface area (Å²) in [6.07, 6.45) is 5.04. The molecular weight excluding hydrogens is 368 g/mol. The summed E-state index contributed by atoms with van der Waals surface area (Å²) in [5.74, 6) is 0.286. The van der Waals surface area contributed by atoms with Gasteiger partial charge in [0.05, 0.1) is 11.6 Å². The average Bonchev–Trinajstić information content (AvgIpc) is 3.19. The van der Waals surface area contributed by atoms with E-state index in [2.05, 4.69) is 70.9 Å². The van der Waals surface area contributed by atoms with Crippen LogP contribution < -0.4 is 11.1 Å². The van der Waals surface area contributed by atoms with Gasteiger partial charge in [-0.05, 0) is 69.3 Å². The molecule has 158 valence electrons. The predicted molar refractivity (Wildman–Crippen MR) is 122 cm³/mol. The Bertz CT molecular complexity index is 854. The Morgan fingerprint density at radius 2 is 1.70 bits per heavy atom. The Labute approximate surface area is 181 Å². The maximum atomic E-state index is 10.8. The van der Waals surface area contributed by atoms with Crippen LogP contribution in [0.5, 0.6) is 0 Å². The van der Waals surface area contributed by atoms with Gasteiger partial charge in [0.25, 0.3) is 0 Å². The van der Waals surface area contributed by atoms with Crippen LogP contribution in [-0.4, -0.2) is 36.6 Å². The molecular formula is C26H34N4. The molecule has 3 N–H and O–H groups in total. The summed E-state index contributed by atoms with van der Waals surface area (Å²) in [7, 11) is 2.00. The summed E-state index contributed by atoms with van der Waals surface area (Å²) < 4.78 is 0. The standard InChI is InChI=1S/C26H34N4/c1-29-26(16-8-13-24(26)28)25(20-27,22-11-6-3-7-12-22)23-14-17-30(18-15-23)19-21-9-4-2-5-10-21/h2-7,9-12,23-24,29H,8,13-19,28H2,1H3/t24-,25-,26+/m0/s1. The lowest BCUT2D eigenvalue weighted by Crippen LogP contribution is -2.69. The number of nitrogens with two attached hydrogens (primary N) is 1. The first-order chi connectivity index (χ1) is 14.7. The first kappa shape index (κ1) is 21.1. The monoisotopic (exact) mass is 402 g/mol. The van der Waals surface area contributed by atoms with Gasteiger partial charge in [0, 0.05) is 12.6 Å². The first-order valence-corrected chi connectivity index (χ1v) is 11.3. The summed E-state index contributed by atoms with van der Waals surface area (Å²) in [5, 5.41) is 14.4. The molecule has 2 fully saturated rings. The fraction of sp³-hybridized carbons (Fsp3) is 0.500. The lowest BCUT2D eigenvalue weighted by Gasteiger charge is -2.53. The molecule has 0 bridgehead atoms. The smallest absolute Gasteiger partial charge is 0.105 e. The Hall–Kier alpha value is -2.19. The van der Waals surface area contributed by atoms with E-state index in [4.69, 9.17) is 5.73 Å². The van der Waals surface area contributed by atoms with Crippen LogP contribution in [0, 0.1) is 17.2 Å². The molecule has 1 aliphatic carbocycles. The normalized spacial score (nSPS) is 27.4. The third kappa shape index (κ3) is 3.46. The van der Waals surface area contributed by atoms with Crippen molar-refractivity contribution in [1.82, 2.24) is 10.2 Å². The van der Waals surface area contributed by atoms with Gasteiger partial charge in [-0.3, -0.25) is 4.90 Å². The third-order valence-electron chi connectivity index (χ3n) is 7.72. The fourth-order valence-electron chi connectivity index (χ4n) is 6.21. The van der Waals surface area contributed by atoms with Crippen molar-refractivity contribution in [3.8, 4) is 6.07 Å². The molecule has 3 atom stereocenters. The molecule has 30 heavy (non-hydrogen) atoms. The molecule has 2 aromatic carbocycles. The van der Waals surface area contributed by atoms with Gasteiger partial charge in [0.2, 0.25) is 0 Å². The quantitative estimate of drug-likeness (QED) is 0.771. The number of rotatable bonds is 6. The summed E-state index contributed by atoms with van der Waals surface area (Å²) in [6.45, 7) is 3.02. The number of nitrogens with one attached hydrogen (secondary N) is 1. The minimum absolute atomic E-state index is 0.00953. The number of nitrogens with zero attached hydrogens (tertiary/aromatic N) is 2. The van der Waals surface area contributed by atoms with E-state index in [1.165, 1.54) is 5.56 Å². The van der Waals surface area contributed by atoms with Crippen LogP contribution >= 0.6 is 0 Å². The molecule has 0 aromatic heterocycles. The zero-order valence-corrected chi connectivity index (χ0v) is 18.1. The molecule has 1 saturated heterocycles. The highest BCUT2D eigenvalue weighted by molar-refractivity contribution is 5.42. The topological polar surface area (TPSA) is 65.1 Å². The molecule has 2 aliphatic rings. The van der Waals surface area contributed by atoms with Crippen LogP contribution in [0.25, 0.3) is 0 Å². The van der Waals surface area contributed by atoms with Gasteiger partial charge < -0.3 is 11.1 Å². The lowest BCUT2D eigenvalue weighted by atomic mass is 9.55. The predicted octanol–water partition coefficient (Wildman–Crippen LogP) is 3.83. The van der Waals surface area contributed by atoms with Crippen molar-refractivity contribution in [2.45, 2.75) is 55.6 Å². The van der Waals surface area contributed by atoms with Gasteiger partial charge in [-0.2, -0.15) is 5.26 Å². The molecule has 4 heteroatoms. The molecule has 1 saturated carbocycles. The van der Waals surface area contributed by atoms with Crippen molar-refractivity contribution >= 4 is 0 Å². The van der Waals surface area contributed by atoms with Gasteiger partial charge in [-0.25, -0.2) is 0 Å². The zero-order valence-electron chi connectivity index (χ0n) is 18.1. The molecule has 4 nitrogen and oxygen atoms in total. The summed E-state index contributed by atoms with van der Waals surface area (Å²) >= 11 is 0. The molecule has 0 radical (unpaired) electrons. The number of benzene rings is 2. The maximum Gasteiger partial charge on any atom is 0.105 e. The number of hydrogen-bond donors (Lipinski definition) is 2. The van der Waals surface area contributed by atoms with E-state index < -0.39 is 5.41 Å². The van der Waals surface area contributed by atoms with Crippen molar-refractivity contribution in [2.75, 3.05) is 20.1 Å². The van der Waals surface area contributed by atoms with Crippen LogP contribution in [0.15, 0.2) is 60.7 Å². The Kier molecular flexibility index (Phi) is 6.24. The van der Waals surface area contributed by atoms with Gasteiger partial charge in [-0.15, -0.1) is 0 Å². The SMILES string of the molecule is CN[C@]1([C@@](C#N)(c2ccccc2)C2CCN(Cc3ccccc3)CC2)CCC[C@@H]1N. The van der Waals surface area contributed by atoms with Crippen molar-refractivity contribution in [3.63, 3.8) is 0 Å². The summed E-state index contributed by atoms with van der Waals surface area (Å²) in [5.41, 5.74) is 8.22. The third-order valence-corrected chi connectivity index (χ3v) is 7.72. The number of likely N-dealkylation sites (N-methyl/N-ethyl adjacent to an activating group) is 1. The van der Waals surface area contributed by atoms with Gasteiger partial charge in [0.15, 0.2) is 0 Å². The van der Waals surface area contributed by atoms with Crippen LogP contribution in [0.1, 0.15) is 43.2 Å². The highest BCUT2D eigenvalue weighted by Crippen LogP contribution is 2.52. The van der Waals surface area contributed by atoms with Crippen molar-refractivity contribution in [1.29, 1.82) is 5.26 Å². The van der Waals surface area contributed by atoms with Crippen LogP contribution in [-0.2, 0) is 12.0 Å². The second kappa shape index (κ2) is 8.89. The maximum absolute atomic E-state index is 10.8. The van der Waals surface area contributed by atoms with Crippen molar-refractivity contribution in [2.24, 2.45) is 11.7 Å². The summed E-state index contributed by atoms with van der Waals surface area (Å²) in [6, 6.07) is 24.0. The minimum Gasteiger partial charge on any atom is -0.326 e. The average molecular weight is 403 g/mol. The second-order valence-corrected chi connectivity index (χ2v) is 9.04. The van der Waals surface area contributed by atoms with Crippen molar-refractivity contribution in [3.05, 3.63) is 71.8 Å². The van der Waals surface area contributed by atoms with Gasteiger partial charge in [0.1, 0.15) is 5.41 Å². The van der Waals surface area contributed by atoms with Crippen LogP contribution in [0.3, 0.4) is 0 Å². The minimum atomic E-state index is -0.613. The Morgan fingerprint density at radius 1 is 1.07 bits per heavy atom. The molecule has 4 rings (SSSR count). The van der Waals surface area contributed by atoms with E-state index in [1.807, 2.05) is 13.1 Å². The number of likely N-dealkylation sites (tertiary alicyclic amines) is 1. The first-order valence-electron chi connectivity index (χ1n) is 11.3. The number of hydrogen-bond acceptors (Lipinski definition) is 4.